The van der Waals surface area contributed by atoms with Crippen LogP contribution < -0.4 is 0 Å². The van der Waals surface area contributed by atoms with E-state index in [1.807, 2.05) is 24.1 Å². The number of aromatic nitrogens is 1. The zero-order chi connectivity index (χ0) is 15.4. The lowest BCUT2D eigenvalue weighted by molar-refractivity contribution is -0.135. The number of ether oxygens (including phenoxy) is 1. The predicted octanol–water partition coefficient (Wildman–Crippen LogP) is 1.54. The first-order chi connectivity index (χ1) is 10.7. The average Bonchev–Trinajstić information content (AvgIpc) is 2.96. The molecule has 0 aliphatic carbocycles. The summed E-state index contributed by atoms with van der Waals surface area (Å²) < 4.78 is 5.57. The first kappa shape index (κ1) is 15.4. The third kappa shape index (κ3) is 3.65. The number of pyridine rings is 1. The van der Waals surface area contributed by atoms with Crippen LogP contribution in [0.15, 0.2) is 24.5 Å². The zero-order valence-corrected chi connectivity index (χ0v) is 13.3. The maximum Gasteiger partial charge on any atom is 0.236 e. The first-order valence-corrected chi connectivity index (χ1v) is 8.10. The van der Waals surface area contributed by atoms with Gasteiger partial charge in [0.1, 0.15) is 0 Å². The van der Waals surface area contributed by atoms with Crippen molar-refractivity contribution in [2.24, 2.45) is 5.41 Å². The van der Waals surface area contributed by atoms with Gasteiger partial charge in [-0.3, -0.25) is 14.7 Å². The molecule has 1 atom stereocenters. The number of amides is 1. The van der Waals surface area contributed by atoms with Gasteiger partial charge in [-0.2, -0.15) is 0 Å². The van der Waals surface area contributed by atoms with E-state index in [1.54, 1.807) is 12.4 Å². The highest BCUT2D eigenvalue weighted by Gasteiger charge is 2.40. The fourth-order valence-corrected chi connectivity index (χ4v) is 3.58. The molecule has 2 aliphatic heterocycles. The molecule has 1 aromatic heterocycles. The second kappa shape index (κ2) is 6.75. The van der Waals surface area contributed by atoms with Crippen LogP contribution in [0.1, 0.15) is 24.8 Å². The maximum absolute atomic E-state index is 12.6. The van der Waals surface area contributed by atoms with E-state index in [2.05, 4.69) is 9.88 Å². The molecule has 0 aromatic carbocycles. The number of likely N-dealkylation sites (N-methyl/N-ethyl adjacent to an activating group) is 1. The average molecular weight is 303 g/mol. The quantitative estimate of drug-likeness (QED) is 0.846. The van der Waals surface area contributed by atoms with Crippen LogP contribution in [-0.2, 0) is 16.1 Å². The van der Waals surface area contributed by atoms with Crippen LogP contribution in [0.3, 0.4) is 0 Å². The summed E-state index contributed by atoms with van der Waals surface area (Å²) in [6.07, 6.45) is 6.98. The van der Waals surface area contributed by atoms with Gasteiger partial charge in [-0.15, -0.1) is 0 Å². The number of rotatable bonds is 4. The van der Waals surface area contributed by atoms with Crippen molar-refractivity contribution in [3.63, 3.8) is 0 Å². The lowest BCUT2D eigenvalue weighted by Gasteiger charge is -2.40. The smallest absolute Gasteiger partial charge is 0.236 e. The Kier molecular flexibility index (Phi) is 4.74. The van der Waals surface area contributed by atoms with Gasteiger partial charge in [0, 0.05) is 44.0 Å². The summed E-state index contributed by atoms with van der Waals surface area (Å²) >= 11 is 0. The normalized spacial score (nSPS) is 25.1. The van der Waals surface area contributed by atoms with Gasteiger partial charge >= 0.3 is 0 Å². The molecule has 1 amide bonds. The molecule has 3 rings (SSSR count). The van der Waals surface area contributed by atoms with Crippen LogP contribution in [0, 0.1) is 5.41 Å². The highest BCUT2D eigenvalue weighted by molar-refractivity contribution is 5.78. The summed E-state index contributed by atoms with van der Waals surface area (Å²) in [7, 11) is 2.00. The highest BCUT2D eigenvalue weighted by atomic mass is 16.5. The van der Waals surface area contributed by atoms with Crippen molar-refractivity contribution in [2.45, 2.75) is 25.8 Å². The van der Waals surface area contributed by atoms with Gasteiger partial charge in [-0.05, 0) is 44.0 Å². The lowest BCUT2D eigenvalue weighted by Crippen LogP contribution is -2.49. The maximum atomic E-state index is 12.6. The van der Waals surface area contributed by atoms with Crippen LogP contribution in [0.2, 0.25) is 0 Å². The van der Waals surface area contributed by atoms with Crippen molar-refractivity contribution >= 4 is 5.91 Å². The SMILES string of the molecule is CN(CC(=O)N1CCC[C@@]2(CCOC2)C1)Cc1ccncc1. The van der Waals surface area contributed by atoms with Crippen LogP contribution in [0.25, 0.3) is 0 Å². The molecule has 0 saturated carbocycles. The molecule has 0 radical (unpaired) electrons. The number of nitrogens with zero attached hydrogens (tertiary/aromatic N) is 3. The summed E-state index contributed by atoms with van der Waals surface area (Å²) in [5, 5.41) is 0. The Hall–Kier alpha value is -1.46. The Bertz CT molecular complexity index is 500. The Morgan fingerprint density at radius 3 is 2.95 bits per heavy atom. The van der Waals surface area contributed by atoms with Crippen LogP contribution in [0.5, 0.6) is 0 Å². The summed E-state index contributed by atoms with van der Waals surface area (Å²) in [6, 6.07) is 3.99. The van der Waals surface area contributed by atoms with Crippen LogP contribution in [0.4, 0.5) is 0 Å². The molecule has 120 valence electrons. The van der Waals surface area contributed by atoms with Gasteiger partial charge < -0.3 is 9.64 Å². The third-order valence-corrected chi connectivity index (χ3v) is 4.81. The van der Waals surface area contributed by atoms with Crippen molar-refractivity contribution in [1.82, 2.24) is 14.8 Å². The molecule has 2 saturated heterocycles. The monoisotopic (exact) mass is 303 g/mol. The van der Waals surface area contributed by atoms with Gasteiger partial charge in [-0.1, -0.05) is 0 Å². The number of piperidine rings is 1. The molecule has 5 heteroatoms. The highest BCUT2D eigenvalue weighted by Crippen LogP contribution is 2.37. The van der Waals surface area contributed by atoms with Gasteiger partial charge in [0.15, 0.2) is 0 Å². The fraction of sp³-hybridized carbons (Fsp3) is 0.647. The topological polar surface area (TPSA) is 45.7 Å². The van der Waals surface area contributed by atoms with Gasteiger partial charge in [0.25, 0.3) is 0 Å². The van der Waals surface area contributed by atoms with E-state index in [0.717, 1.165) is 45.7 Å². The summed E-state index contributed by atoms with van der Waals surface area (Å²) in [5.41, 5.74) is 1.42. The van der Waals surface area contributed by atoms with Gasteiger partial charge in [-0.25, -0.2) is 0 Å². The molecule has 22 heavy (non-hydrogen) atoms. The van der Waals surface area contributed by atoms with Crippen LogP contribution >= 0.6 is 0 Å². The number of carbonyl (C=O) groups excluding carboxylic acids is 1. The van der Waals surface area contributed by atoms with Crippen molar-refractivity contribution in [1.29, 1.82) is 0 Å². The van der Waals surface area contributed by atoms with Crippen molar-refractivity contribution in [3.05, 3.63) is 30.1 Å². The molecule has 0 N–H and O–H groups in total. The van der Waals surface area contributed by atoms with Crippen molar-refractivity contribution in [3.8, 4) is 0 Å². The Morgan fingerprint density at radius 2 is 2.23 bits per heavy atom. The van der Waals surface area contributed by atoms with E-state index < -0.39 is 0 Å². The van der Waals surface area contributed by atoms with Gasteiger partial charge in [0.2, 0.25) is 5.91 Å². The van der Waals surface area contributed by atoms with E-state index >= 15 is 0 Å². The Labute approximate surface area is 132 Å². The molecule has 1 spiro atoms. The molecule has 5 nitrogen and oxygen atoms in total. The standard InChI is InChI=1S/C17H25N3O2/c1-19(11-15-3-7-18-8-4-15)12-16(21)20-9-2-5-17(13-20)6-10-22-14-17/h3-4,7-8H,2,5-6,9-14H2,1H3/t17-/m1/s1. The molecule has 0 unspecified atom stereocenters. The van der Waals surface area contributed by atoms with E-state index in [1.165, 1.54) is 12.0 Å². The molecule has 2 fully saturated rings. The third-order valence-electron chi connectivity index (χ3n) is 4.81. The zero-order valence-electron chi connectivity index (χ0n) is 13.3. The van der Waals surface area contributed by atoms with E-state index in [4.69, 9.17) is 4.74 Å². The summed E-state index contributed by atoms with van der Waals surface area (Å²) in [6.45, 7) is 4.68. The van der Waals surface area contributed by atoms with E-state index in [9.17, 15) is 4.79 Å². The molecular weight excluding hydrogens is 278 g/mol. The second-order valence-electron chi connectivity index (χ2n) is 6.75. The van der Waals surface area contributed by atoms with Crippen molar-refractivity contribution in [2.75, 3.05) is 39.9 Å². The lowest BCUT2D eigenvalue weighted by atomic mass is 9.79. The molecule has 0 bridgehead atoms. The molecule has 1 aromatic rings. The fourth-order valence-electron chi connectivity index (χ4n) is 3.58. The van der Waals surface area contributed by atoms with Crippen molar-refractivity contribution < 1.29 is 9.53 Å². The second-order valence-corrected chi connectivity index (χ2v) is 6.75. The summed E-state index contributed by atoms with van der Waals surface area (Å²) in [4.78, 5) is 20.7. The Morgan fingerprint density at radius 1 is 1.41 bits per heavy atom. The minimum absolute atomic E-state index is 0.234. The number of carbonyl (C=O) groups is 1. The van der Waals surface area contributed by atoms with Gasteiger partial charge in [0.05, 0.1) is 13.2 Å². The number of hydrogen-bond acceptors (Lipinski definition) is 4. The van der Waals surface area contributed by atoms with Crippen LogP contribution in [-0.4, -0.2) is 60.6 Å². The van der Waals surface area contributed by atoms with E-state index in [0.29, 0.717) is 6.54 Å². The van der Waals surface area contributed by atoms with E-state index in [-0.39, 0.29) is 11.3 Å². The molecular formula is C17H25N3O2. The molecule has 3 heterocycles. The first-order valence-electron chi connectivity index (χ1n) is 8.10. The number of hydrogen-bond donors (Lipinski definition) is 0. The largest absolute Gasteiger partial charge is 0.381 e. The summed E-state index contributed by atoms with van der Waals surface area (Å²) in [5.74, 6) is 0.238. The number of likely N-dealkylation sites (tertiary alicyclic amines) is 1. The minimum atomic E-state index is 0.234. The predicted molar refractivity (Wildman–Crippen MR) is 84.3 cm³/mol. The minimum Gasteiger partial charge on any atom is -0.381 e. The molecule has 2 aliphatic rings. The Balaban J connectivity index is 1.52.